The van der Waals surface area contributed by atoms with Gasteiger partial charge in [0.25, 0.3) is 10.0 Å². The van der Waals surface area contributed by atoms with Crippen molar-refractivity contribution in [2.24, 2.45) is 0 Å². The molecule has 1 aliphatic rings. The van der Waals surface area contributed by atoms with Crippen LogP contribution >= 0.6 is 11.3 Å². The van der Waals surface area contributed by atoms with Gasteiger partial charge in [0.2, 0.25) is 0 Å². The van der Waals surface area contributed by atoms with Gasteiger partial charge in [-0.2, -0.15) is 5.26 Å². The highest BCUT2D eigenvalue weighted by molar-refractivity contribution is 7.90. The Balaban J connectivity index is 2.58. The third-order valence-electron chi connectivity index (χ3n) is 1.88. The molecule has 2 heterocycles. The summed E-state index contributed by atoms with van der Waals surface area (Å²) in [6, 6.07) is 0.846. The Labute approximate surface area is 89.8 Å². The first kappa shape index (κ1) is 9.95. The van der Waals surface area contributed by atoms with Crippen molar-refractivity contribution in [3.05, 3.63) is 10.8 Å². The van der Waals surface area contributed by atoms with Crippen LogP contribution in [0.2, 0.25) is 0 Å². The van der Waals surface area contributed by atoms with Gasteiger partial charge in [0, 0.05) is 10.8 Å². The Bertz CT molecular complexity index is 554. The lowest BCUT2D eigenvalue weighted by atomic mass is 10.5. The molecule has 0 atom stereocenters. The van der Waals surface area contributed by atoms with Crippen molar-refractivity contribution in [3.63, 3.8) is 0 Å². The standard InChI is InChI=1S/C7H5N3O3S2/c8-1-2-10-7(11)9-5-3-14-4-6(5)15(10,12)13/h3-4H,2H2,(H,9,11). The van der Waals surface area contributed by atoms with Crippen LogP contribution < -0.4 is 5.32 Å². The lowest BCUT2D eigenvalue weighted by molar-refractivity contribution is 0.237. The van der Waals surface area contributed by atoms with Crippen LogP contribution in [0, 0.1) is 11.3 Å². The number of hydrogen-bond acceptors (Lipinski definition) is 5. The average molecular weight is 243 g/mol. The van der Waals surface area contributed by atoms with Crippen molar-refractivity contribution in [1.82, 2.24) is 4.31 Å². The van der Waals surface area contributed by atoms with E-state index in [4.69, 9.17) is 5.26 Å². The molecule has 8 heteroatoms. The van der Waals surface area contributed by atoms with Crippen molar-refractivity contribution in [1.29, 1.82) is 5.26 Å². The highest BCUT2D eigenvalue weighted by Crippen LogP contribution is 2.32. The Morgan fingerprint density at radius 2 is 2.27 bits per heavy atom. The summed E-state index contributed by atoms with van der Waals surface area (Å²) in [5.41, 5.74) is 0.277. The summed E-state index contributed by atoms with van der Waals surface area (Å²) in [6.07, 6.45) is 0. The van der Waals surface area contributed by atoms with Crippen LogP contribution in [0.25, 0.3) is 0 Å². The average Bonchev–Trinajstić information content (AvgIpc) is 2.61. The monoisotopic (exact) mass is 243 g/mol. The number of fused-ring (bicyclic) bond motifs is 1. The Morgan fingerprint density at radius 3 is 2.93 bits per heavy atom. The molecule has 0 fully saturated rings. The minimum absolute atomic E-state index is 0.0438. The van der Waals surface area contributed by atoms with E-state index in [1.54, 1.807) is 6.07 Å². The molecular weight excluding hydrogens is 238 g/mol. The quantitative estimate of drug-likeness (QED) is 0.739. The molecule has 0 aromatic carbocycles. The molecule has 0 bridgehead atoms. The molecule has 78 valence electrons. The van der Waals surface area contributed by atoms with Gasteiger partial charge in [0.1, 0.15) is 11.4 Å². The number of nitrogens with one attached hydrogen (secondary N) is 1. The number of carbonyl (C=O) groups is 1. The fourth-order valence-electron chi connectivity index (χ4n) is 1.20. The molecule has 1 aliphatic heterocycles. The first-order valence-electron chi connectivity index (χ1n) is 3.84. The fourth-order valence-corrected chi connectivity index (χ4v) is 3.69. The van der Waals surface area contributed by atoms with Crippen molar-refractivity contribution in [2.75, 3.05) is 11.9 Å². The van der Waals surface area contributed by atoms with E-state index in [-0.39, 0.29) is 10.6 Å². The number of amides is 2. The molecule has 1 N–H and O–H groups in total. The van der Waals surface area contributed by atoms with Crippen LogP contribution in [0.3, 0.4) is 0 Å². The van der Waals surface area contributed by atoms with E-state index in [0.717, 1.165) is 0 Å². The molecule has 0 spiro atoms. The summed E-state index contributed by atoms with van der Waals surface area (Å²) in [6.45, 7) is -0.483. The third kappa shape index (κ3) is 1.36. The minimum Gasteiger partial charge on any atom is -0.305 e. The molecule has 2 amide bonds. The van der Waals surface area contributed by atoms with E-state index in [9.17, 15) is 13.2 Å². The maximum Gasteiger partial charge on any atom is 0.336 e. The Kier molecular flexibility index (Phi) is 2.13. The zero-order valence-corrected chi connectivity index (χ0v) is 8.93. The molecule has 1 aromatic heterocycles. The number of sulfonamides is 1. The first-order valence-corrected chi connectivity index (χ1v) is 6.22. The van der Waals surface area contributed by atoms with Gasteiger partial charge in [0.15, 0.2) is 0 Å². The lowest BCUT2D eigenvalue weighted by Crippen LogP contribution is -2.43. The van der Waals surface area contributed by atoms with Gasteiger partial charge in [-0.3, -0.25) is 0 Å². The highest BCUT2D eigenvalue weighted by atomic mass is 32.2. The molecule has 0 unspecified atom stereocenters. The van der Waals surface area contributed by atoms with Gasteiger partial charge in [-0.15, -0.1) is 11.3 Å². The van der Waals surface area contributed by atoms with Gasteiger partial charge in [-0.25, -0.2) is 17.5 Å². The van der Waals surface area contributed by atoms with Crippen LogP contribution in [0.5, 0.6) is 0 Å². The van der Waals surface area contributed by atoms with Crippen LogP contribution in [0.1, 0.15) is 0 Å². The highest BCUT2D eigenvalue weighted by Gasteiger charge is 2.36. The number of nitriles is 1. The summed E-state index contributed by atoms with van der Waals surface area (Å²) >= 11 is 1.18. The fraction of sp³-hybridized carbons (Fsp3) is 0.143. The predicted octanol–water partition coefficient (Wildman–Crippen LogP) is 0.808. The summed E-state index contributed by atoms with van der Waals surface area (Å²) in [4.78, 5) is 11.4. The second kappa shape index (κ2) is 3.22. The summed E-state index contributed by atoms with van der Waals surface area (Å²) in [5, 5.41) is 13.8. The zero-order valence-electron chi connectivity index (χ0n) is 7.30. The molecule has 0 saturated carbocycles. The van der Waals surface area contributed by atoms with E-state index < -0.39 is 22.6 Å². The maximum atomic E-state index is 11.8. The van der Waals surface area contributed by atoms with Gasteiger partial charge in [0.05, 0.1) is 11.8 Å². The van der Waals surface area contributed by atoms with Gasteiger partial charge < -0.3 is 5.32 Å². The molecule has 6 nitrogen and oxygen atoms in total. The Hall–Kier alpha value is -1.59. The van der Waals surface area contributed by atoms with Crippen molar-refractivity contribution in [3.8, 4) is 6.07 Å². The van der Waals surface area contributed by atoms with Crippen LogP contribution in [-0.2, 0) is 10.0 Å². The predicted molar refractivity (Wildman–Crippen MR) is 52.8 cm³/mol. The lowest BCUT2D eigenvalue weighted by Gasteiger charge is -2.24. The molecule has 1 aromatic rings. The van der Waals surface area contributed by atoms with Gasteiger partial charge >= 0.3 is 6.03 Å². The second-order valence-corrected chi connectivity index (χ2v) is 5.32. The topological polar surface area (TPSA) is 90.3 Å². The number of urea groups is 1. The van der Waals surface area contributed by atoms with Gasteiger partial charge in [-0.1, -0.05) is 0 Å². The number of hydrogen-bond donors (Lipinski definition) is 1. The number of nitrogens with zero attached hydrogens (tertiary/aromatic N) is 2. The number of rotatable bonds is 1. The van der Waals surface area contributed by atoms with E-state index in [1.165, 1.54) is 22.1 Å². The van der Waals surface area contributed by atoms with E-state index in [2.05, 4.69) is 5.32 Å². The van der Waals surface area contributed by atoms with Crippen LogP contribution in [0.4, 0.5) is 10.5 Å². The minimum atomic E-state index is -3.84. The van der Waals surface area contributed by atoms with Crippen molar-refractivity contribution in [2.45, 2.75) is 4.90 Å². The van der Waals surface area contributed by atoms with Gasteiger partial charge in [-0.05, 0) is 0 Å². The van der Waals surface area contributed by atoms with E-state index in [0.29, 0.717) is 4.31 Å². The SMILES string of the molecule is N#CCN1C(=O)Nc2cscc2S1(=O)=O. The largest absolute Gasteiger partial charge is 0.336 e. The maximum absolute atomic E-state index is 11.8. The Morgan fingerprint density at radius 1 is 1.53 bits per heavy atom. The molecule has 2 rings (SSSR count). The summed E-state index contributed by atoms with van der Waals surface area (Å²) < 4.78 is 24.1. The van der Waals surface area contributed by atoms with E-state index in [1.807, 2.05) is 0 Å². The smallest absolute Gasteiger partial charge is 0.305 e. The molecule has 15 heavy (non-hydrogen) atoms. The number of anilines is 1. The zero-order chi connectivity index (χ0) is 11.1. The van der Waals surface area contributed by atoms with E-state index >= 15 is 0 Å². The first-order chi connectivity index (χ1) is 7.07. The summed E-state index contributed by atoms with van der Waals surface area (Å²) in [7, 11) is -3.84. The molecule has 0 saturated heterocycles. The normalized spacial score (nSPS) is 17.8. The second-order valence-electron chi connectivity index (χ2n) is 2.75. The van der Waals surface area contributed by atoms with Crippen molar-refractivity contribution >= 4 is 33.1 Å². The third-order valence-corrected chi connectivity index (χ3v) is 4.54. The number of carbonyl (C=O) groups excluding carboxylic acids is 1. The van der Waals surface area contributed by atoms with Crippen molar-refractivity contribution < 1.29 is 13.2 Å². The van der Waals surface area contributed by atoms with Crippen LogP contribution in [0.15, 0.2) is 15.7 Å². The molecule has 0 aliphatic carbocycles. The van der Waals surface area contributed by atoms with Crippen LogP contribution in [-0.4, -0.2) is 25.3 Å². The molecule has 0 radical (unpaired) electrons. The summed E-state index contributed by atoms with van der Waals surface area (Å²) in [5.74, 6) is 0. The molecular formula is C7H5N3O3S2. The number of thiophene rings is 1.